The maximum absolute atomic E-state index is 13.9. The highest BCUT2D eigenvalue weighted by Crippen LogP contribution is 2.44. The molecule has 0 aromatic carbocycles. The van der Waals surface area contributed by atoms with E-state index in [0.717, 1.165) is 64.7 Å². The van der Waals surface area contributed by atoms with Crippen molar-refractivity contribution in [2.75, 3.05) is 11.1 Å². The van der Waals surface area contributed by atoms with Gasteiger partial charge in [0.05, 0.1) is 34.9 Å². The van der Waals surface area contributed by atoms with Gasteiger partial charge in [-0.15, -0.1) is 11.8 Å². The van der Waals surface area contributed by atoms with E-state index in [1.807, 2.05) is 30.7 Å². The Morgan fingerprint density at radius 1 is 1.05 bits per heavy atom. The van der Waals surface area contributed by atoms with Gasteiger partial charge in [0.2, 0.25) is 0 Å². The lowest BCUT2D eigenvalue weighted by atomic mass is 10.1. The number of fused-ring (bicyclic) bond motifs is 1. The third kappa shape index (κ3) is 4.77. The summed E-state index contributed by atoms with van der Waals surface area (Å²) in [4.78, 5) is 43.2. The molecule has 0 amide bonds. The molecule has 0 bridgehead atoms. The fraction of sp³-hybridized carbons (Fsp3) is 0.464. The van der Waals surface area contributed by atoms with E-state index >= 15 is 0 Å². The van der Waals surface area contributed by atoms with Gasteiger partial charge in [0.25, 0.3) is 5.56 Å². The Balaban J connectivity index is 1.44. The fourth-order valence-corrected chi connectivity index (χ4v) is 5.62. The van der Waals surface area contributed by atoms with E-state index in [0.29, 0.717) is 41.2 Å². The number of hydrogen-bond acceptors (Lipinski definition) is 9. The molecule has 4 aromatic heterocycles. The van der Waals surface area contributed by atoms with Crippen LogP contribution in [-0.4, -0.2) is 40.2 Å². The second-order valence-electron chi connectivity index (χ2n) is 10.3. The number of nitrogens with one attached hydrogen (secondary N) is 1. The highest BCUT2D eigenvalue weighted by atomic mass is 32.2. The molecule has 196 valence electrons. The molecule has 0 radical (unpaired) electrons. The Morgan fingerprint density at radius 2 is 1.87 bits per heavy atom. The van der Waals surface area contributed by atoms with Crippen LogP contribution in [0.15, 0.2) is 34.3 Å². The van der Waals surface area contributed by atoms with Crippen LogP contribution in [0, 0.1) is 19.8 Å². The molecule has 38 heavy (non-hydrogen) atoms. The van der Waals surface area contributed by atoms with Crippen molar-refractivity contribution in [1.29, 1.82) is 0 Å². The highest BCUT2D eigenvalue weighted by molar-refractivity contribution is 7.99. The first kappa shape index (κ1) is 24.9. The van der Waals surface area contributed by atoms with Crippen molar-refractivity contribution in [2.45, 2.75) is 76.8 Å². The van der Waals surface area contributed by atoms with E-state index in [4.69, 9.17) is 15.0 Å². The van der Waals surface area contributed by atoms with Crippen LogP contribution >= 0.6 is 11.8 Å². The predicted octanol–water partition coefficient (Wildman–Crippen LogP) is 5.23. The lowest BCUT2D eigenvalue weighted by molar-refractivity contribution is 0.482. The van der Waals surface area contributed by atoms with Crippen molar-refractivity contribution in [3.8, 4) is 11.4 Å². The van der Waals surface area contributed by atoms with Gasteiger partial charge >= 0.3 is 0 Å². The fourth-order valence-electron chi connectivity index (χ4n) is 4.99. The molecule has 4 aromatic rings. The molecule has 0 aliphatic heterocycles. The Bertz CT molecular complexity index is 1560. The summed E-state index contributed by atoms with van der Waals surface area (Å²) in [5.74, 6) is 2.76. The zero-order valence-corrected chi connectivity index (χ0v) is 23.0. The summed E-state index contributed by atoms with van der Waals surface area (Å²) in [6.45, 7) is 8.54. The van der Waals surface area contributed by atoms with Gasteiger partial charge in [-0.2, -0.15) is 0 Å². The van der Waals surface area contributed by atoms with Gasteiger partial charge in [-0.25, -0.2) is 24.9 Å². The van der Waals surface area contributed by atoms with Gasteiger partial charge < -0.3 is 5.32 Å². The quantitative estimate of drug-likeness (QED) is 0.292. The smallest absolute Gasteiger partial charge is 0.295 e. The van der Waals surface area contributed by atoms with E-state index in [9.17, 15) is 4.79 Å². The van der Waals surface area contributed by atoms with Crippen molar-refractivity contribution >= 4 is 28.7 Å². The molecule has 1 atom stereocenters. The van der Waals surface area contributed by atoms with E-state index in [1.165, 1.54) is 0 Å². The summed E-state index contributed by atoms with van der Waals surface area (Å²) in [6.07, 6.45) is 7.95. The number of hydrogen-bond donors (Lipinski definition) is 1. The number of aromatic nitrogens is 7. The van der Waals surface area contributed by atoms with Gasteiger partial charge in [0.15, 0.2) is 17.3 Å². The molecule has 6 rings (SSSR count). The molecule has 0 spiro atoms. The van der Waals surface area contributed by atoms with Crippen molar-refractivity contribution < 1.29 is 0 Å². The predicted molar refractivity (Wildman–Crippen MR) is 149 cm³/mol. The number of pyridine rings is 1. The second-order valence-corrected chi connectivity index (χ2v) is 11.6. The lowest BCUT2D eigenvalue weighted by Crippen LogP contribution is -2.29. The minimum atomic E-state index is -0.164. The number of rotatable bonds is 9. The summed E-state index contributed by atoms with van der Waals surface area (Å²) in [5.41, 5.74) is 5.37. The van der Waals surface area contributed by atoms with Crippen LogP contribution in [-0.2, 0) is 6.54 Å². The first-order valence-corrected chi connectivity index (χ1v) is 14.4. The third-order valence-electron chi connectivity index (χ3n) is 7.42. The third-order valence-corrected chi connectivity index (χ3v) is 8.29. The molecule has 2 saturated carbocycles. The van der Waals surface area contributed by atoms with Crippen LogP contribution in [0.5, 0.6) is 0 Å². The standard InChI is InChI=1S/C28H32N8OS/c1-5-38-21-11-10-20(29-13-21)12-30-26-28(37)36(17(4)18-6-7-18)27-23(34-26)16(3)33-25(35-27)22-15(2)31-14-32-24(22)19-8-9-19/h10-11,13-14,17-19H,5-9,12H2,1-4H3,(H,30,34). The molecule has 2 fully saturated rings. The van der Waals surface area contributed by atoms with E-state index < -0.39 is 0 Å². The summed E-state index contributed by atoms with van der Waals surface area (Å²) in [5, 5.41) is 3.25. The monoisotopic (exact) mass is 528 g/mol. The van der Waals surface area contributed by atoms with Crippen LogP contribution in [0.4, 0.5) is 5.82 Å². The van der Waals surface area contributed by atoms with Crippen molar-refractivity contribution in [3.63, 3.8) is 0 Å². The lowest BCUT2D eigenvalue weighted by Gasteiger charge is -2.20. The summed E-state index contributed by atoms with van der Waals surface area (Å²) in [7, 11) is 0. The van der Waals surface area contributed by atoms with Crippen LogP contribution in [0.1, 0.15) is 74.3 Å². The summed E-state index contributed by atoms with van der Waals surface area (Å²) >= 11 is 1.75. The maximum Gasteiger partial charge on any atom is 0.295 e. The van der Waals surface area contributed by atoms with Gasteiger partial charge in [-0.3, -0.25) is 14.3 Å². The molecule has 2 aliphatic carbocycles. The van der Waals surface area contributed by atoms with E-state index in [2.05, 4.69) is 40.2 Å². The summed E-state index contributed by atoms with van der Waals surface area (Å²) < 4.78 is 1.82. The molecular formula is C28H32N8OS. The molecule has 1 unspecified atom stereocenters. The number of aryl methyl sites for hydroxylation is 2. The Labute approximate surface area is 226 Å². The van der Waals surface area contributed by atoms with E-state index in [1.54, 1.807) is 18.1 Å². The maximum atomic E-state index is 13.9. The number of thioether (sulfide) groups is 1. The molecular weight excluding hydrogens is 496 g/mol. The van der Waals surface area contributed by atoms with Crippen LogP contribution in [0.25, 0.3) is 22.6 Å². The SMILES string of the molecule is CCSc1ccc(CNc2nc3c(C)nc(-c4c(C)ncnc4C4CC4)nc3n(C(C)C3CC3)c2=O)nc1. The highest BCUT2D eigenvalue weighted by Gasteiger charge is 2.33. The van der Waals surface area contributed by atoms with Crippen molar-refractivity contribution in [2.24, 2.45) is 5.92 Å². The Kier molecular flexibility index (Phi) is 6.59. The number of anilines is 1. The Morgan fingerprint density at radius 3 is 2.55 bits per heavy atom. The first-order chi connectivity index (χ1) is 18.4. The molecule has 10 heteroatoms. The van der Waals surface area contributed by atoms with Gasteiger partial charge in [-0.05, 0) is 70.3 Å². The average molecular weight is 529 g/mol. The van der Waals surface area contributed by atoms with Crippen molar-refractivity contribution in [3.05, 3.63) is 57.8 Å². The Hall–Kier alpha value is -3.40. The molecule has 1 N–H and O–H groups in total. The van der Waals surface area contributed by atoms with Crippen LogP contribution in [0.3, 0.4) is 0 Å². The van der Waals surface area contributed by atoms with Crippen LogP contribution in [0.2, 0.25) is 0 Å². The zero-order chi connectivity index (χ0) is 26.4. The first-order valence-electron chi connectivity index (χ1n) is 13.4. The molecule has 2 aliphatic rings. The van der Waals surface area contributed by atoms with Crippen molar-refractivity contribution in [1.82, 2.24) is 34.5 Å². The van der Waals surface area contributed by atoms with Gasteiger partial charge in [0, 0.05) is 23.1 Å². The van der Waals surface area contributed by atoms with Gasteiger partial charge in [0.1, 0.15) is 11.8 Å². The normalized spacial score (nSPS) is 16.1. The minimum absolute atomic E-state index is 0.00944. The largest absolute Gasteiger partial charge is 0.360 e. The van der Waals surface area contributed by atoms with Crippen LogP contribution < -0.4 is 10.9 Å². The summed E-state index contributed by atoms with van der Waals surface area (Å²) in [6, 6.07) is 4.05. The second kappa shape index (κ2) is 10.1. The molecule has 9 nitrogen and oxygen atoms in total. The average Bonchev–Trinajstić information content (AvgIpc) is 3.82. The topological polar surface area (TPSA) is 111 Å². The minimum Gasteiger partial charge on any atom is -0.360 e. The molecule has 0 saturated heterocycles. The van der Waals surface area contributed by atoms with E-state index in [-0.39, 0.29) is 11.6 Å². The molecule has 4 heterocycles. The number of nitrogens with zero attached hydrogens (tertiary/aromatic N) is 7. The zero-order valence-electron chi connectivity index (χ0n) is 22.2. The van der Waals surface area contributed by atoms with Gasteiger partial charge in [-0.1, -0.05) is 6.92 Å².